The molecular weight excluding hydrogens is 356 g/mol. The molecule has 2 aromatic rings. The summed E-state index contributed by atoms with van der Waals surface area (Å²) in [7, 11) is 0. The molecule has 1 atom stereocenters. The molecule has 124 valence electrons. The molecule has 0 bridgehead atoms. The number of thioether (sulfide) groups is 1. The molecule has 1 unspecified atom stereocenters. The van der Waals surface area contributed by atoms with Gasteiger partial charge in [0.2, 0.25) is 5.16 Å². The molecule has 8 heteroatoms. The van der Waals surface area contributed by atoms with E-state index in [4.69, 9.17) is 25.8 Å². The molecule has 2 heterocycles. The number of halogens is 1. The van der Waals surface area contributed by atoms with Gasteiger partial charge in [0.25, 0.3) is 5.19 Å². The molecule has 1 aliphatic rings. The number of hydrogen-bond acceptors (Lipinski definition) is 7. The zero-order chi connectivity index (χ0) is 16.3. The molecule has 1 fully saturated rings. The first-order chi connectivity index (χ1) is 11.0. The van der Waals surface area contributed by atoms with Crippen molar-refractivity contribution in [1.29, 1.82) is 0 Å². The highest BCUT2D eigenvalue weighted by atomic mass is 35.5. The van der Waals surface area contributed by atoms with Gasteiger partial charge in [0.1, 0.15) is 12.7 Å². The zero-order valence-corrected chi connectivity index (χ0v) is 15.2. The van der Waals surface area contributed by atoms with Crippen molar-refractivity contribution in [2.75, 3.05) is 13.2 Å². The average Bonchev–Trinajstić information content (AvgIpc) is 3.09. The first kappa shape index (κ1) is 17.0. The third-order valence-electron chi connectivity index (χ3n) is 3.11. The van der Waals surface area contributed by atoms with Gasteiger partial charge >= 0.3 is 0 Å². The van der Waals surface area contributed by atoms with Gasteiger partial charge in [-0.2, -0.15) is 9.36 Å². The summed E-state index contributed by atoms with van der Waals surface area (Å²) in [5.41, 5.74) is 1.14. The number of aromatic nitrogens is 2. The molecule has 1 aliphatic heterocycles. The Morgan fingerprint density at radius 1 is 1.48 bits per heavy atom. The maximum absolute atomic E-state index is 5.97. The van der Waals surface area contributed by atoms with Gasteiger partial charge in [0.05, 0.1) is 6.61 Å². The molecule has 1 saturated heterocycles. The van der Waals surface area contributed by atoms with Crippen LogP contribution in [0.15, 0.2) is 29.4 Å². The van der Waals surface area contributed by atoms with Crippen molar-refractivity contribution in [3.05, 3.63) is 34.9 Å². The minimum atomic E-state index is -0.535. The summed E-state index contributed by atoms with van der Waals surface area (Å²) in [4.78, 5) is 4.36. The van der Waals surface area contributed by atoms with Crippen molar-refractivity contribution in [2.45, 2.75) is 36.6 Å². The van der Waals surface area contributed by atoms with Crippen LogP contribution in [0.5, 0.6) is 5.19 Å². The van der Waals surface area contributed by atoms with E-state index < -0.39 is 5.79 Å². The summed E-state index contributed by atoms with van der Waals surface area (Å²) in [5, 5.41) is 1.99. The van der Waals surface area contributed by atoms with Crippen molar-refractivity contribution < 1.29 is 14.2 Å². The largest absolute Gasteiger partial charge is 0.466 e. The predicted molar refractivity (Wildman–Crippen MR) is 91.3 cm³/mol. The van der Waals surface area contributed by atoms with Gasteiger partial charge in [-0.05, 0) is 31.5 Å². The fourth-order valence-electron chi connectivity index (χ4n) is 2.10. The van der Waals surface area contributed by atoms with Crippen molar-refractivity contribution in [2.24, 2.45) is 0 Å². The molecule has 0 aliphatic carbocycles. The minimum absolute atomic E-state index is 0.0727. The quantitative estimate of drug-likeness (QED) is 0.714. The lowest BCUT2D eigenvalue weighted by Gasteiger charge is -2.16. The molecule has 0 saturated carbocycles. The normalized spacial score (nSPS) is 19.9. The molecular formula is C15H17ClN2O3S2. The third-order valence-corrected chi connectivity index (χ3v) is 5.00. The van der Waals surface area contributed by atoms with E-state index in [1.54, 1.807) is 11.8 Å². The highest BCUT2D eigenvalue weighted by Crippen LogP contribution is 2.27. The van der Waals surface area contributed by atoms with Crippen LogP contribution in [0.2, 0.25) is 5.02 Å². The maximum atomic E-state index is 5.97. The second-order valence-electron chi connectivity index (χ2n) is 5.52. The highest BCUT2D eigenvalue weighted by Gasteiger charge is 2.33. The molecule has 1 aromatic heterocycles. The van der Waals surface area contributed by atoms with E-state index in [2.05, 4.69) is 9.36 Å². The Kier molecular flexibility index (Phi) is 5.43. The van der Waals surface area contributed by atoms with E-state index in [0.29, 0.717) is 23.6 Å². The standard InChI is InChI=1S/C15H17ClN2O3S2/c1-15(2)20-8-12(21-15)7-19-14-17-13(18-23-14)22-9-10-4-3-5-11(16)6-10/h3-6,12H,7-9H2,1-2H3. The molecule has 23 heavy (non-hydrogen) atoms. The smallest absolute Gasteiger partial charge is 0.294 e. The molecule has 0 N–H and O–H groups in total. The Morgan fingerprint density at radius 2 is 2.35 bits per heavy atom. The Hall–Kier alpha value is -0.860. The third kappa shape index (κ3) is 5.06. The molecule has 0 spiro atoms. The topological polar surface area (TPSA) is 53.5 Å². The van der Waals surface area contributed by atoms with Gasteiger partial charge in [0, 0.05) is 22.3 Å². The Labute approximate surface area is 148 Å². The molecule has 3 rings (SSSR count). The first-order valence-electron chi connectivity index (χ1n) is 7.16. The summed E-state index contributed by atoms with van der Waals surface area (Å²) >= 11 is 8.77. The monoisotopic (exact) mass is 372 g/mol. The maximum Gasteiger partial charge on any atom is 0.294 e. The predicted octanol–water partition coefficient (Wildman–Crippen LogP) is 4.01. The van der Waals surface area contributed by atoms with E-state index in [1.807, 2.05) is 38.1 Å². The summed E-state index contributed by atoms with van der Waals surface area (Å²) in [6, 6.07) is 7.77. The van der Waals surface area contributed by atoms with Gasteiger partial charge < -0.3 is 14.2 Å². The lowest BCUT2D eigenvalue weighted by atomic mass is 10.2. The fraction of sp³-hybridized carbons (Fsp3) is 0.467. The highest BCUT2D eigenvalue weighted by molar-refractivity contribution is 7.98. The number of benzene rings is 1. The van der Waals surface area contributed by atoms with Crippen LogP contribution < -0.4 is 4.74 Å². The number of ether oxygens (including phenoxy) is 3. The molecule has 5 nitrogen and oxygen atoms in total. The van der Waals surface area contributed by atoms with Crippen molar-refractivity contribution in [1.82, 2.24) is 9.36 Å². The van der Waals surface area contributed by atoms with Crippen molar-refractivity contribution in [3.63, 3.8) is 0 Å². The summed E-state index contributed by atoms with van der Waals surface area (Å²) in [6.07, 6.45) is -0.0727. The van der Waals surface area contributed by atoms with Crippen LogP contribution in [0.4, 0.5) is 0 Å². The summed E-state index contributed by atoms with van der Waals surface area (Å²) < 4.78 is 21.1. The number of rotatable bonds is 6. The van der Waals surface area contributed by atoms with Crippen LogP contribution in [0.25, 0.3) is 0 Å². The second-order valence-corrected chi connectivity index (χ2v) is 7.62. The van der Waals surface area contributed by atoms with Gasteiger partial charge in [-0.15, -0.1) is 0 Å². The minimum Gasteiger partial charge on any atom is -0.466 e. The van der Waals surface area contributed by atoms with E-state index >= 15 is 0 Å². The van der Waals surface area contributed by atoms with E-state index in [9.17, 15) is 0 Å². The SMILES string of the molecule is CC1(C)OCC(COc2nc(SCc3cccc(Cl)c3)ns2)O1. The summed E-state index contributed by atoms with van der Waals surface area (Å²) in [6.45, 7) is 4.73. The average molecular weight is 373 g/mol. The van der Waals surface area contributed by atoms with Gasteiger partial charge in [-0.25, -0.2) is 0 Å². The second kappa shape index (κ2) is 7.36. The molecule has 0 amide bonds. The first-order valence-corrected chi connectivity index (χ1v) is 9.29. The van der Waals surface area contributed by atoms with Crippen LogP contribution >= 0.6 is 34.9 Å². The van der Waals surface area contributed by atoms with Crippen molar-refractivity contribution >= 4 is 34.9 Å². The Bertz CT molecular complexity index is 666. The van der Waals surface area contributed by atoms with Crippen LogP contribution in [-0.4, -0.2) is 34.5 Å². The Morgan fingerprint density at radius 3 is 3.09 bits per heavy atom. The van der Waals surface area contributed by atoms with E-state index in [1.165, 1.54) is 11.5 Å². The van der Waals surface area contributed by atoms with E-state index in [0.717, 1.165) is 16.3 Å². The van der Waals surface area contributed by atoms with Crippen LogP contribution in [0.1, 0.15) is 19.4 Å². The van der Waals surface area contributed by atoms with Gasteiger partial charge in [-0.1, -0.05) is 35.5 Å². The zero-order valence-electron chi connectivity index (χ0n) is 12.8. The lowest BCUT2D eigenvalue weighted by Crippen LogP contribution is -2.25. The van der Waals surface area contributed by atoms with Crippen LogP contribution in [0.3, 0.4) is 0 Å². The Balaban J connectivity index is 1.46. The fourth-order valence-corrected chi connectivity index (χ4v) is 3.76. The lowest BCUT2D eigenvalue weighted by molar-refractivity contribution is -0.141. The summed E-state index contributed by atoms with van der Waals surface area (Å²) in [5.74, 6) is 0.234. The molecule has 0 radical (unpaired) electrons. The van der Waals surface area contributed by atoms with Crippen LogP contribution in [-0.2, 0) is 15.2 Å². The van der Waals surface area contributed by atoms with Crippen molar-refractivity contribution in [3.8, 4) is 5.19 Å². The molecule has 1 aromatic carbocycles. The van der Waals surface area contributed by atoms with Crippen LogP contribution in [0, 0.1) is 0 Å². The number of nitrogens with zero attached hydrogens (tertiary/aromatic N) is 2. The number of hydrogen-bond donors (Lipinski definition) is 0. The van der Waals surface area contributed by atoms with E-state index in [-0.39, 0.29) is 6.10 Å². The van der Waals surface area contributed by atoms with Gasteiger partial charge in [0.15, 0.2) is 5.79 Å². The van der Waals surface area contributed by atoms with Gasteiger partial charge in [-0.3, -0.25) is 0 Å².